The van der Waals surface area contributed by atoms with E-state index in [2.05, 4.69) is 5.32 Å². The molecule has 0 fully saturated rings. The Balaban J connectivity index is 2.01. The molecule has 0 saturated heterocycles. The largest absolute Gasteiger partial charge is 0.488 e. The molecule has 0 bridgehead atoms. The molecule has 138 valence electrons. The minimum Gasteiger partial charge on any atom is -0.488 e. The van der Waals surface area contributed by atoms with Crippen LogP contribution in [-0.4, -0.2) is 29.7 Å². The molecule has 0 aliphatic carbocycles. The third-order valence-electron chi connectivity index (χ3n) is 3.44. The Labute approximate surface area is 151 Å². The van der Waals surface area contributed by atoms with E-state index in [1.807, 2.05) is 6.92 Å². The highest BCUT2D eigenvalue weighted by Gasteiger charge is 2.10. The summed E-state index contributed by atoms with van der Waals surface area (Å²) >= 11 is 0. The lowest BCUT2D eigenvalue weighted by Crippen LogP contribution is -2.28. The number of rotatable bonds is 8. The maximum absolute atomic E-state index is 12.3. The molecule has 1 heterocycles. The summed E-state index contributed by atoms with van der Waals surface area (Å²) < 4.78 is 11.6. The van der Waals surface area contributed by atoms with Crippen molar-refractivity contribution in [1.29, 1.82) is 0 Å². The van der Waals surface area contributed by atoms with Gasteiger partial charge < -0.3 is 19.4 Å². The number of benzene rings is 1. The molecule has 7 heteroatoms. The Kier molecular flexibility index (Phi) is 6.96. The van der Waals surface area contributed by atoms with Gasteiger partial charge in [0.25, 0.3) is 5.56 Å². The Morgan fingerprint density at radius 3 is 2.50 bits per heavy atom. The van der Waals surface area contributed by atoms with Gasteiger partial charge in [0.15, 0.2) is 5.75 Å². The molecule has 0 radical (unpaired) electrons. The van der Waals surface area contributed by atoms with Crippen LogP contribution in [0, 0.1) is 0 Å². The molecule has 0 spiro atoms. The fourth-order valence-electron chi connectivity index (χ4n) is 2.22. The number of hydrogen-bond acceptors (Lipinski definition) is 5. The lowest BCUT2D eigenvalue weighted by molar-refractivity contribution is -0.116. The minimum atomic E-state index is -0.416. The lowest BCUT2D eigenvalue weighted by Gasteiger charge is -2.10. The smallest absolute Gasteiger partial charge is 0.338 e. The summed E-state index contributed by atoms with van der Waals surface area (Å²) in [6, 6.07) is 9.59. The van der Waals surface area contributed by atoms with Crippen LogP contribution >= 0.6 is 0 Å². The number of carbonyl (C=O) groups is 2. The van der Waals surface area contributed by atoms with Gasteiger partial charge in [-0.05, 0) is 49.7 Å². The van der Waals surface area contributed by atoms with Crippen molar-refractivity contribution < 1.29 is 19.1 Å². The summed E-state index contributed by atoms with van der Waals surface area (Å²) in [5.41, 5.74) is 0.574. The van der Waals surface area contributed by atoms with E-state index in [1.165, 1.54) is 10.8 Å². The van der Waals surface area contributed by atoms with E-state index in [-0.39, 0.29) is 23.8 Å². The average Bonchev–Trinajstić information content (AvgIpc) is 2.63. The number of aromatic nitrogens is 1. The summed E-state index contributed by atoms with van der Waals surface area (Å²) in [4.78, 5) is 36.0. The number of nitrogens with one attached hydrogen (secondary N) is 1. The minimum absolute atomic E-state index is 0.137. The molecule has 0 aliphatic heterocycles. The van der Waals surface area contributed by atoms with Crippen molar-refractivity contribution in [3.8, 4) is 5.75 Å². The highest BCUT2D eigenvalue weighted by atomic mass is 16.5. The van der Waals surface area contributed by atoms with Crippen molar-refractivity contribution in [3.63, 3.8) is 0 Å². The first-order chi connectivity index (χ1) is 12.5. The van der Waals surface area contributed by atoms with Crippen LogP contribution in [0.2, 0.25) is 0 Å². The second kappa shape index (κ2) is 9.41. The van der Waals surface area contributed by atoms with E-state index in [1.54, 1.807) is 43.3 Å². The van der Waals surface area contributed by atoms with Gasteiger partial charge in [-0.25, -0.2) is 4.79 Å². The van der Waals surface area contributed by atoms with Gasteiger partial charge in [0, 0.05) is 11.9 Å². The van der Waals surface area contributed by atoms with Crippen LogP contribution in [0.4, 0.5) is 5.69 Å². The van der Waals surface area contributed by atoms with Crippen LogP contribution in [-0.2, 0) is 16.1 Å². The fourth-order valence-corrected chi connectivity index (χ4v) is 2.22. The van der Waals surface area contributed by atoms with E-state index in [0.717, 1.165) is 6.42 Å². The van der Waals surface area contributed by atoms with Gasteiger partial charge in [-0.15, -0.1) is 0 Å². The standard InChI is InChI=1S/C19H22N2O5/c1-3-12-26-16-6-5-11-21(18(16)23)13-17(22)20-15-9-7-14(8-10-15)19(24)25-4-2/h5-11H,3-4,12-13H2,1-2H3,(H,20,22). The molecule has 0 saturated carbocycles. The molecule has 0 aliphatic rings. The Bertz CT molecular complexity index is 811. The van der Waals surface area contributed by atoms with Gasteiger partial charge in [-0.2, -0.15) is 0 Å². The highest BCUT2D eigenvalue weighted by molar-refractivity contribution is 5.93. The van der Waals surface area contributed by atoms with Crippen LogP contribution in [0.1, 0.15) is 30.6 Å². The van der Waals surface area contributed by atoms with Crippen LogP contribution < -0.4 is 15.6 Å². The first-order valence-corrected chi connectivity index (χ1v) is 8.44. The number of ether oxygens (including phenoxy) is 2. The number of hydrogen-bond donors (Lipinski definition) is 1. The highest BCUT2D eigenvalue weighted by Crippen LogP contribution is 2.11. The summed E-state index contributed by atoms with van der Waals surface area (Å²) in [5, 5.41) is 2.69. The molecule has 7 nitrogen and oxygen atoms in total. The predicted molar refractivity (Wildman–Crippen MR) is 97.5 cm³/mol. The molecular formula is C19H22N2O5. The van der Waals surface area contributed by atoms with Crippen molar-refractivity contribution in [2.75, 3.05) is 18.5 Å². The van der Waals surface area contributed by atoms with Gasteiger partial charge in [-0.3, -0.25) is 9.59 Å². The first-order valence-electron chi connectivity index (χ1n) is 8.44. The van der Waals surface area contributed by atoms with Crippen LogP contribution in [0.3, 0.4) is 0 Å². The van der Waals surface area contributed by atoms with E-state index < -0.39 is 5.97 Å². The molecule has 0 unspecified atom stereocenters. The quantitative estimate of drug-likeness (QED) is 0.733. The van der Waals surface area contributed by atoms with Gasteiger partial charge >= 0.3 is 5.97 Å². The van der Waals surface area contributed by atoms with E-state index in [4.69, 9.17) is 9.47 Å². The topological polar surface area (TPSA) is 86.6 Å². The van der Waals surface area contributed by atoms with Gasteiger partial charge in [0.2, 0.25) is 5.91 Å². The Morgan fingerprint density at radius 2 is 1.85 bits per heavy atom. The molecule has 26 heavy (non-hydrogen) atoms. The van der Waals surface area contributed by atoms with Crippen LogP contribution in [0.25, 0.3) is 0 Å². The average molecular weight is 358 g/mol. The van der Waals surface area contributed by atoms with Crippen molar-refractivity contribution in [2.45, 2.75) is 26.8 Å². The summed E-state index contributed by atoms with van der Waals surface area (Å²) in [6.07, 6.45) is 2.32. The van der Waals surface area contributed by atoms with Crippen LogP contribution in [0.5, 0.6) is 5.75 Å². The Hall–Kier alpha value is -3.09. The molecular weight excluding hydrogens is 336 g/mol. The number of pyridine rings is 1. The zero-order chi connectivity index (χ0) is 18.9. The maximum atomic E-state index is 12.3. The summed E-state index contributed by atoms with van der Waals surface area (Å²) in [7, 11) is 0. The maximum Gasteiger partial charge on any atom is 0.338 e. The fraction of sp³-hybridized carbons (Fsp3) is 0.316. The molecule has 1 N–H and O–H groups in total. The molecule has 1 aromatic carbocycles. The van der Waals surface area contributed by atoms with E-state index >= 15 is 0 Å². The van der Waals surface area contributed by atoms with Crippen LogP contribution in [0.15, 0.2) is 47.4 Å². The first kappa shape index (κ1) is 19.2. The predicted octanol–water partition coefficient (Wildman–Crippen LogP) is 2.45. The normalized spacial score (nSPS) is 10.2. The molecule has 2 rings (SSSR count). The summed E-state index contributed by atoms with van der Waals surface area (Å²) in [5.74, 6) is -0.551. The number of esters is 1. The van der Waals surface area contributed by atoms with Crippen molar-refractivity contribution in [1.82, 2.24) is 4.57 Å². The van der Waals surface area contributed by atoms with E-state index in [0.29, 0.717) is 24.5 Å². The van der Waals surface area contributed by atoms with E-state index in [9.17, 15) is 14.4 Å². The second-order valence-electron chi connectivity index (χ2n) is 5.50. The number of nitrogens with zero attached hydrogens (tertiary/aromatic N) is 1. The molecule has 2 aromatic rings. The zero-order valence-corrected chi connectivity index (χ0v) is 14.9. The van der Waals surface area contributed by atoms with Gasteiger partial charge in [0.05, 0.1) is 18.8 Å². The number of carbonyl (C=O) groups excluding carboxylic acids is 2. The van der Waals surface area contributed by atoms with Crippen molar-refractivity contribution >= 4 is 17.6 Å². The van der Waals surface area contributed by atoms with Gasteiger partial charge in [0.1, 0.15) is 6.54 Å². The third kappa shape index (κ3) is 5.20. The van der Waals surface area contributed by atoms with Crippen molar-refractivity contribution in [2.24, 2.45) is 0 Å². The molecule has 0 atom stereocenters. The third-order valence-corrected chi connectivity index (χ3v) is 3.44. The zero-order valence-electron chi connectivity index (χ0n) is 14.9. The van der Waals surface area contributed by atoms with Crippen molar-refractivity contribution in [3.05, 3.63) is 58.5 Å². The SMILES string of the molecule is CCCOc1cccn(CC(=O)Nc2ccc(C(=O)OCC)cc2)c1=O. The lowest BCUT2D eigenvalue weighted by atomic mass is 10.2. The molecule has 1 amide bonds. The number of amides is 1. The van der Waals surface area contributed by atoms with Gasteiger partial charge in [-0.1, -0.05) is 6.92 Å². The second-order valence-corrected chi connectivity index (χ2v) is 5.50. The molecule has 1 aromatic heterocycles. The Morgan fingerprint density at radius 1 is 1.12 bits per heavy atom. The monoisotopic (exact) mass is 358 g/mol. The summed E-state index contributed by atoms with van der Waals surface area (Å²) in [6.45, 7) is 4.28. The number of anilines is 1.